The highest BCUT2D eigenvalue weighted by molar-refractivity contribution is 5.82. The Morgan fingerprint density at radius 3 is 2.10 bits per heavy atom. The van der Waals surface area contributed by atoms with Gasteiger partial charge in [-0.3, -0.25) is 4.79 Å². The molecular weight excluding hydrogens is 248 g/mol. The monoisotopic (exact) mass is 276 g/mol. The summed E-state index contributed by atoms with van der Waals surface area (Å²) in [4.78, 5) is 14.6. The molecule has 0 saturated heterocycles. The molecule has 0 radical (unpaired) electrons. The van der Waals surface area contributed by atoms with Gasteiger partial charge in [0.05, 0.1) is 12.1 Å². The van der Waals surface area contributed by atoms with E-state index in [1.807, 2.05) is 36.9 Å². The van der Waals surface area contributed by atoms with Crippen LogP contribution in [0.4, 0.5) is 0 Å². The van der Waals surface area contributed by atoms with Crippen LogP contribution < -0.4 is 5.73 Å². The minimum Gasteiger partial charge on any atom is -0.332 e. The summed E-state index contributed by atoms with van der Waals surface area (Å²) in [6, 6.07) is 9.99. The Morgan fingerprint density at radius 1 is 1.15 bits per heavy atom. The molecule has 0 aliphatic heterocycles. The number of carbonyl (C=O) groups excluding carboxylic acids is 1. The Labute approximate surface area is 123 Å². The van der Waals surface area contributed by atoms with Gasteiger partial charge in [0.2, 0.25) is 5.91 Å². The molecule has 1 amide bonds. The minimum absolute atomic E-state index is 0.0469. The molecule has 0 fully saturated rings. The van der Waals surface area contributed by atoms with Crippen LogP contribution in [0.5, 0.6) is 0 Å². The minimum atomic E-state index is -0.435. The predicted octanol–water partition coefficient (Wildman–Crippen LogP) is 3.36. The molecule has 2 N–H and O–H groups in total. The third-order valence-electron chi connectivity index (χ3n) is 3.72. The van der Waals surface area contributed by atoms with Crippen LogP contribution in [0.2, 0.25) is 0 Å². The molecule has 0 aliphatic rings. The van der Waals surface area contributed by atoms with E-state index in [4.69, 9.17) is 5.73 Å². The first-order valence-corrected chi connectivity index (χ1v) is 7.52. The van der Waals surface area contributed by atoms with Gasteiger partial charge < -0.3 is 10.6 Å². The van der Waals surface area contributed by atoms with Crippen molar-refractivity contribution in [2.24, 2.45) is 11.7 Å². The molecule has 112 valence electrons. The lowest BCUT2D eigenvalue weighted by Gasteiger charge is -2.37. The standard InChI is InChI=1S/C17H28N2O/c1-6-15(14-10-8-7-9-11-14)19(13(4)5)17(20)16(18)12(2)3/h7-13,15-16H,6,18H2,1-5H3. The van der Waals surface area contributed by atoms with Crippen LogP contribution >= 0.6 is 0 Å². The lowest BCUT2D eigenvalue weighted by Crippen LogP contribution is -2.50. The first kappa shape index (κ1) is 16.7. The molecule has 2 atom stereocenters. The fraction of sp³-hybridized carbons (Fsp3) is 0.588. The second-order valence-electron chi connectivity index (χ2n) is 5.94. The first-order chi connectivity index (χ1) is 9.40. The van der Waals surface area contributed by atoms with Gasteiger partial charge in [0.1, 0.15) is 0 Å². The van der Waals surface area contributed by atoms with Crippen molar-refractivity contribution >= 4 is 5.91 Å². The van der Waals surface area contributed by atoms with Gasteiger partial charge >= 0.3 is 0 Å². The molecule has 1 rings (SSSR count). The summed E-state index contributed by atoms with van der Waals surface area (Å²) in [7, 11) is 0. The Hall–Kier alpha value is -1.35. The van der Waals surface area contributed by atoms with Gasteiger partial charge in [-0.1, -0.05) is 51.1 Å². The lowest BCUT2D eigenvalue weighted by molar-refractivity contribution is -0.138. The van der Waals surface area contributed by atoms with Crippen molar-refractivity contribution in [3.05, 3.63) is 35.9 Å². The number of carbonyl (C=O) groups is 1. The quantitative estimate of drug-likeness (QED) is 0.866. The highest BCUT2D eigenvalue weighted by Gasteiger charge is 2.31. The Bertz CT molecular complexity index is 414. The van der Waals surface area contributed by atoms with Crippen LogP contribution in [-0.4, -0.2) is 22.9 Å². The Morgan fingerprint density at radius 2 is 1.70 bits per heavy atom. The van der Waals surface area contributed by atoms with Crippen LogP contribution in [0.3, 0.4) is 0 Å². The number of rotatable bonds is 6. The summed E-state index contributed by atoms with van der Waals surface area (Å²) in [5.41, 5.74) is 7.25. The van der Waals surface area contributed by atoms with E-state index in [9.17, 15) is 4.79 Å². The van der Waals surface area contributed by atoms with E-state index >= 15 is 0 Å². The fourth-order valence-electron chi connectivity index (χ4n) is 2.49. The molecule has 0 bridgehead atoms. The van der Waals surface area contributed by atoms with E-state index in [2.05, 4.69) is 32.9 Å². The smallest absolute Gasteiger partial charge is 0.240 e. The van der Waals surface area contributed by atoms with Gasteiger partial charge in [0.25, 0.3) is 0 Å². The summed E-state index contributed by atoms with van der Waals surface area (Å²) >= 11 is 0. The number of benzene rings is 1. The summed E-state index contributed by atoms with van der Waals surface area (Å²) < 4.78 is 0. The van der Waals surface area contributed by atoms with E-state index < -0.39 is 6.04 Å². The maximum absolute atomic E-state index is 12.7. The molecule has 0 aromatic heterocycles. The van der Waals surface area contributed by atoms with Crippen molar-refractivity contribution in [2.45, 2.75) is 59.2 Å². The molecule has 3 heteroatoms. The maximum Gasteiger partial charge on any atom is 0.240 e. The molecule has 3 nitrogen and oxygen atoms in total. The second-order valence-corrected chi connectivity index (χ2v) is 5.94. The van der Waals surface area contributed by atoms with Crippen LogP contribution in [0.15, 0.2) is 30.3 Å². The van der Waals surface area contributed by atoms with Crippen molar-refractivity contribution in [3.8, 4) is 0 Å². The lowest BCUT2D eigenvalue weighted by atomic mass is 9.97. The molecule has 0 aliphatic carbocycles. The van der Waals surface area contributed by atoms with Crippen molar-refractivity contribution < 1.29 is 4.79 Å². The third kappa shape index (κ3) is 3.83. The largest absolute Gasteiger partial charge is 0.332 e. The van der Waals surface area contributed by atoms with Crippen molar-refractivity contribution in [2.75, 3.05) is 0 Å². The average Bonchev–Trinajstić information content (AvgIpc) is 2.43. The van der Waals surface area contributed by atoms with Crippen LogP contribution in [0.25, 0.3) is 0 Å². The van der Waals surface area contributed by atoms with E-state index in [0.717, 1.165) is 6.42 Å². The third-order valence-corrected chi connectivity index (χ3v) is 3.72. The molecule has 1 aromatic rings. The van der Waals surface area contributed by atoms with Gasteiger partial charge in [-0.25, -0.2) is 0 Å². The number of nitrogens with two attached hydrogens (primary N) is 1. The average molecular weight is 276 g/mol. The topological polar surface area (TPSA) is 46.3 Å². The van der Waals surface area contributed by atoms with Gasteiger partial charge in [0, 0.05) is 6.04 Å². The van der Waals surface area contributed by atoms with Crippen LogP contribution in [0.1, 0.15) is 52.6 Å². The zero-order chi connectivity index (χ0) is 15.3. The number of hydrogen-bond acceptors (Lipinski definition) is 2. The molecule has 2 unspecified atom stereocenters. The summed E-state index contributed by atoms with van der Waals surface area (Å²) in [6.07, 6.45) is 0.888. The van der Waals surface area contributed by atoms with Crippen molar-refractivity contribution in [1.82, 2.24) is 4.90 Å². The SMILES string of the molecule is CCC(c1ccccc1)N(C(=O)C(N)C(C)C)C(C)C. The zero-order valence-corrected chi connectivity index (χ0v) is 13.3. The summed E-state index contributed by atoms with van der Waals surface area (Å²) in [5, 5.41) is 0. The van der Waals surface area contributed by atoms with Crippen molar-refractivity contribution in [1.29, 1.82) is 0 Å². The Kier molecular flexibility index (Phi) is 6.21. The number of nitrogens with zero attached hydrogens (tertiary/aromatic N) is 1. The van der Waals surface area contributed by atoms with Gasteiger partial charge in [-0.05, 0) is 31.7 Å². The van der Waals surface area contributed by atoms with Gasteiger partial charge in [-0.2, -0.15) is 0 Å². The van der Waals surface area contributed by atoms with Crippen LogP contribution in [0, 0.1) is 5.92 Å². The number of amides is 1. The van der Waals surface area contributed by atoms with Crippen LogP contribution in [-0.2, 0) is 4.79 Å². The molecule has 20 heavy (non-hydrogen) atoms. The molecular formula is C17H28N2O. The van der Waals surface area contributed by atoms with Crippen molar-refractivity contribution in [3.63, 3.8) is 0 Å². The second kappa shape index (κ2) is 7.44. The van der Waals surface area contributed by atoms with E-state index in [-0.39, 0.29) is 23.9 Å². The number of hydrogen-bond donors (Lipinski definition) is 1. The van der Waals surface area contributed by atoms with Gasteiger partial charge in [0.15, 0.2) is 0 Å². The van der Waals surface area contributed by atoms with E-state index in [1.165, 1.54) is 5.56 Å². The maximum atomic E-state index is 12.7. The normalized spacial score (nSPS) is 14.4. The van der Waals surface area contributed by atoms with E-state index in [0.29, 0.717) is 0 Å². The van der Waals surface area contributed by atoms with Gasteiger partial charge in [-0.15, -0.1) is 0 Å². The first-order valence-electron chi connectivity index (χ1n) is 7.52. The zero-order valence-electron chi connectivity index (χ0n) is 13.3. The highest BCUT2D eigenvalue weighted by Crippen LogP contribution is 2.27. The predicted molar refractivity (Wildman–Crippen MR) is 84.3 cm³/mol. The molecule has 0 heterocycles. The Balaban J connectivity index is 3.08. The molecule has 0 saturated carbocycles. The molecule has 0 spiro atoms. The fourth-order valence-corrected chi connectivity index (χ4v) is 2.49. The molecule has 1 aromatic carbocycles. The highest BCUT2D eigenvalue weighted by atomic mass is 16.2. The summed E-state index contributed by atoms with van der Waals surface area (Å²) in [6.45, 7) is 10.2. The van der Waals surface area contributed by atoms with E-state index in [1.54, 1.807) is 0 Å². The summed E-state index contributed by atoms with van der Waals surface area (Å²) in [5.74, 6) is 0.197.